The molecule has 0 unspecified atom stereocenters. The van der Waals surface area contributed by atoms with Gasteiger partial charge in [0, 0.05) is 18.2 Å². The van der Waals surface area contributed by atoms with Crippen LogP contribution >= 0.6 is 0 Å². The highest BCUT2D eigenvalue weighted by Crippen LogP contribution is 2.22. The van der Waals surface area contributed by atoms with Gasteiger partial charge in [-0.3, -0.25) is 4.79 Å². The summed E-state index contributed by atoms with van der Waals surface area (Å²) in [5, 5.41) is 3.37. The molecule has 0 saturated carbocycles. The van der Waals surface area contributed by atoms with E-state index < -0.39 is 0 Å². The first-order valence-corrected chi connectivity index (χ1v) is 8.86. The van der Waals surface area contributed by atoms with Crippen LogP contribution < -0.4 is 10.1 Å². The fraction of sp³-hybridized carbons (Fsp3) is 0.632. The van der Waals surface area contributed by atoms with E-state index >= 15 is 0 Å². The minimum Gasteiger partial charge on any atom is -0.491 e. The topological polar surface area (TPSA) is 41.6 Å². The quantitative estimate of drug-likeness (QED) is 0.840. The van der Waals surface area contributed by atoms with Gasteiger partial charge in [0.1, 0.15) is 5.75 Å². The Kier molecular flexibility index (Phi) is 6.90. The first-order valence-electron chi connectivity index (χ1n) is 8.86. The van der Waals surface area contributed by atoms with E-state index in [1.54, 1.807) is 0 Å². The number of benzene rings is 1. The second-order valence-corrected chi connectivity index (χ2v) is 6.52. The molecule has 4 nitrogen and oxygen atoms in total. The van der Waals surface area contributed by atoms with E-state index in [0.717, 1.165) is 50.2 Å². The van der Waals surface area contributed by atoms with E-state index in [1.807, 2.05) is 38.1 Å². The molecular formula is C19H30N2O2. The number of nitrogens with one attached hydrogen (secondary N) is 1. The monoisotopic (exact) mass is 318 g/mol. The lowest BCUT2D eigenvalue weighted by Gasteiger charge is -2.35. The lowest BCUT2D eigenvalue weighted by Crippen LogP contribution is -2.47. The summed E-state index contributed by atoms with van der Waals surface area (Å²) in [7, 11) is 0. The first kappa shape index (κ1) is 17.8. The molecule has 0 aromatic heterocycles. The smallest absolute Gasteiger partial charge is 0.227 e. The van der Waals surface area contributed by atoms with E-state index in [9.17, 15) is 4.79 Å². The van der Waals surface area contributed by atoms with E-state index in [-0.39, 0.29) is 12.0 Å². The van der Waals surface area contributed by atoms with Gasteiger partial charge in [-0.05, 0) is 52.3 Å². The minimum absolute atomic E-state index is 0.113. The number of piperidine rings is 1. The van der Waals surface area contributed by atoms with E-state index in [4.69, 9.17) is 4.74 Å². The normalized spacial score (nSPS) is 15.7. The molecule has 0 atom stereocenters. The van der Waals surface area contributed by atoms with Gasteiger partial charge >= 0.3 is 0 Å². The molecule has 1 aliphatic rings. The third kappa shape index (κ3) is 5.24. The zero-order valence-corrected chi connectivity index (χ0v) is 14.7. The van der Waals surface area contributed by atoms with Gasteiger partial charge in [0.05, 0.1) is 12.5 Å². The summed E-state index contributed by atoms with van der Waals surface area (Å²) < 4.78 is 5.85. The highest BCUT2D eigenvalue weighted by Gasteiger charge is 2.25. The minimum atomic E-state index is 0.113. The molecule has 0 aliphatic carbocycles. The number of carbonyl (C=O) groups excluding carboxylic acids is 1. The zero-order valence-electron chi connectivity index (χ0n) is 14.7. The third-order valence-corrected chi connectivity index (χ3v) is 4.21. The van der Waals surface area contributed by atoms with Gasteiger partial charge in [0.25, 0.3) is 0 Å². The van der Waals surface area contributed by atoms with Gasteiger partial charge in [-0.2, -0.15) is 0 Å². The molecule has 0 spiro atoms. The van der Waals surface area contributed by atoms with Crippen molar-refractivity contribution in [3.8, 4) is 5.75 Å². The van der Waals surface area contributed by atoms with Crippen molar-refractivity contribution in [3.05, 3.63) is 29.8 Å². The number of hydrogen-bond donors (Lipinski definition) is 1. The maximum Gasteiger partial charge on any atom is 0.227 e. The zero-order chi connectivity index (χ0) is 16.7. The molecule has 1 heterocycles. The Morgan fingerprint density at radius 2 is 2.00 bits per heavy atom. The van der Waals surface area contributed by atoms with Crippen LogP contribution in [0.5, 0.6) is 5.75 Å². The molecular weight excluding hydrogens is 288 g/mol. The molecule has 1 saturated heterocycles. The summed E-state index contributed by atoms with van der Waals surface area (Å²) in [4.78, 5) is 15.0. The Hall–Kier alpha value is -1.55. The summed E-state index contributed by atoms with van der Waals surface area (Å²) in [6, 6.07) is 8.27. The van der Waals surface area contributed by atoms with E-state index in [0.29, 0.717) is 12.5 Å². The van der Waals surface area contributed by atoms with Crippen LogP contribution in [0.3, 0.4) is 0 Å². The van der Waals surface area contributed by atoms with Crippen LogP contribution in [0.1, 0.15) is 45.6 Å². The van der Waals surface area contributed by atoms with Crippen molar-refractivity contribution in [3.63, 3.8) is 0 Å². The van der Waals surface area contributed by atoms with E-state index in [2.05, 4.69) is 17.1 Å². The summed E-state index contributed by atoms with van der Waals surface area (Å²) in [6.45, 7) is 9.01. The number of amides is 1. The Bertz CT molecular complexity index is 496. The van der Waals surface area contributed by atoms with Crippen molar-refractivity contribution in [2.45, 2.75) is 58.6 Å². The van der Waals surface area contributed by atoms with Gasteiger partial charge < -0.3 is 15.0 Å². The highest BCUT2D eigenvalue weighted by atomic mass is 16.5. The average Bonchev–Trinajstić information content (AvgIpc) is 2.54. The highest BCUT2D eigenvalue weighted by molar-refractivity contribution is 5.79. The fourth-order valence-corrected chi connectivity index (χ4v) is 3.15. The van der Waals surface area contributed by atoms with Crippen molar-refractivity contribution < 1.29 is 9.53 Å². The lowest BCUT2D eigenvalue weighted by molar-refractivity contribution is -0.133. The second kappa shape index (κ2) is 8.92. The van der Waals surface area contributed by atoms with Crippen molar-refractivity contribution in [1.82, 2.24) is 10.2 Å². The van der Waals surface area contributed by atoms with Gasteiger partial charge in [-0.15, -0.1) is 0 Å². The summed E-state index contributed by atoms with van der Waals surface area (Å²) in [5.74, 6) is 1.05. The predicted octanol–water partition coefficient (Wildman–Crippen LogP) is 3.01. The van der Waals surface area contributed by atoms with Crippen LogP contribution in [-0.4, -0.2) is 42.6 Å². The number of rotatable bonds is 7. The molecule has 128 valence electrons. The van der Waals surface area contributed by atoms with Crippen molar-refractivity contribution in [1.29, 1.82) is 0 Å². The molecule has 4 heteroatoms. The second-order valence-electron chi connectivity index (χ2n) is 6.52. The van der Waals surface area contributed by atoms with E-state index in [1.165, 1.54) is 0 Å². The fourth-order valence-electron chi connectivity index (χ4n) is 3.15. The van der Waals surface area contributed by atoms with Crippen molar-refractivity contribution in [2.24, 2.45) is 0 Å². The van der Waals surface area contributed by atoms with Crippen LogP contribution in [0.4, 0.5) is 0 Å². The van der Waals surface area contributed by atoms with Crippen LogP contribution in [0.2, 0.25) is 0 Å². The Morgan fingerprint density at radius 1 is 1.30 bits per heavy atom. The maximum absolute atomic E-state index is 12.9. The van der Waals surface area contributed by atoms with Crippen LogP contribution in [0.15, 0.2) is 24.3 Å². The molecule has 1 aliphatic heterocycles. The van der Waals surface area contributed by atoms with Crippen LogP contribution in [0.25, 0.3) is 0 Å². The number of carbonyl (C=O) groups is 1. The summed E-state index contributed by atoms with van der Waals surface area (Å²) in [6.07, 6.45) is 3.64. The molecule has 1 amide bonds. The molecule has 1 aromatic carbocycles. The molecule has 1 fully saturated rings. The van der Waals surface area contributed by atoms with Crippen molar-refractivity contribution >= 4 is 5.91 Å². The summed E-state index contributed by atoms with van der Waals surface area (Å²) >= 11 is 0. The molecule has 2 rings (SSSR count). The molecule has 0 bridgehead atoms. The lowest BCUT2D eigenvalue weighted by atomic mass is 10.0. The first-order chi connectivity index (χ1) is 11.1. The number of ether oxygens (including phenoxy) is 1. The van der Waals surface area contributed by atoms with Gasteiger partial charge in [-0.1, -0.05) is 25.1 Å². The maximum atomic E-state index is 12.9. The Morgan fingerprint density at radius 3 is 2.65 bits per heavy atom. The number of hydrogen-bond acceptors (Lipinski definition) is 3. The van der Waals surface area contributed by atoms with Crippen LogP contribution in [0, 0.1) is 0 Å². The Balaban J connectivity index is 2.08. The molecule has 1 aromatic rings. The molecule has 0 radical (unpaired) electrons. The largest absolute Gasteiger partial charge is 0.491 e. The predicted molar refractivity (Wildman–Crippen MR) is 93.8 cm³/mol. The Labute approximate surface area is 140 Å². The van der Waals surface area contributed by atoms with Gasteiger partial charge in [0.15, 0.2) is 0 Å². The number of para-hydroxylation sites is 1. The summed E-state index contributed by atoms with van der Waals surface area (Å²) in [5.41, 5.74) is 0.987. The number of nitrogens with zero attached hydrogens (tertiary/aromatic N) is 1. The van der Waals surface area contributed by atoms with Gasteiger partial charge in [0.2, 0.25) is 5.91 Å². The van der Waals surface area contributed by atoms with Gasteiger partial charge in [-0.25, -0.2) is 0 Å². The molecule has 23 heavy (non-hydrogen) atoms. The standard InChI is InChI=1S/C19H30N2O2/c1-4-13-21(17-9-11-20-12-10-17)19(22)14-16-7-5-6-8-18(16)23-15(2)3/h5-8,15,17,20H,4,9-14H2,1-3H3. The van der Waals surface area contributed by atoms with Crippen LogP contribution in [-0.2, 0) is 11.2 Å². The molecule has 1 N–H and O–H groups in total. The third-order valence-electron chi connectivity index (χ3n) is 4.21. The van der Waals surface area contributed by atoms with Crippen molar-refractivity contribution in [2.75, 3.05) is 19.6 Å². The SMILES string of the molecule is CCCN(C(=O)Cc1ccccc1OC(C)C)C1CCNCC1. The average molecular weight is 318 g/mol.